The highest BCUT2D eigenvalue weighted by atomic mass is 17.7. The predicted octanol–water partition coefficient (Wildman–Crippen LogP) is -0.787. The van der Waals surface area contributed by atoms with E-state index in [0.717, 1.165) is 0 Å². The van der Waals surface area contributed by atoms with Crippen LogP contribution in [0, 0.1) is 0 Å². The molecule has 0 unspecified atom stereocenters. The Bertz CT molecular complexity index is 11.1. The summed E-state index contributed by atoms with van der Waals surface area (Å²) in [5.74, 6) is 4.13. The Balaban J connectivity index is 2.19. The lowest BCUT2D eigenvalue weighted by molar-refractivity contribution is -0.626. The molecule has 0 rings (SSSR count). The van der Waals surface area contributed by atoms with Gasteiger partial charge in [-0.25, -0.2) is 5.26 Å². The second-order valence-corrected chi connectivity index (χ2v) is 0.239. The molecule has 0 aromatic rings. The van der Waals surface area contributed by atoms with Crippen LogP contribution in [0.5, 0.6) is 0 Å². The van der Waals surface area contributed by atoms with Gasteiger partial charge in [0.05, 0.1) is 0 Å². The lowest BCUT2D eigenvalue weighted by atomic mass is 13.5. The van der Waals surface area contributed by atoms with Crippen LogP contribution in [0.15, 0.2) is 0 Å². The molecule has 3 N–H and O–H groups in total. The Hall–Kier alpha value is -0.200. The van der Waals surface area contributed by atoms with Gasteiger partial charge in [-0.15, -0.1) is 4.99 Å². The van der Waals surface area contributed by atoms with E-state index in [1.165, 1.54) is 0 Å². The van der Waals surface area contributed by atoms with E-state index in [2.05, 4.69) is 21.0 Å². The van der Waals surface area contributed by atoms with Crippen molar-refractivity contribution >= 4 is 0 Å². The fourth-order valence-electron chi connectivity index (χ4n) is 0.0176. The first-order valence-electron chi connectivity index (χ1n) is 0.752. The number of hydrogen-bond donors (Lipinski definition) is 2. The topological polar surface area (TPSA) is 73.9 Å². The molecule has 0 radical (unpaired) electrons. The maximum absolute atomic E-state index is 7.14. The molecule has 0 spiro atoms. The van der Waals surface area contributed by atoms with Gasteiger partial charge in [0.1, 0.15) is 0 Å². The fraction of sp³-hybridized carbons (Fsp3) is 0. The van der Waals surface area contributed by atoms with E-state index in [1.807, 2.05) is 0 Å². The van der Waals surface area contributed by atoms with Gasteiger partial charge >= 0.3 is 0 Å². The largest absolute Gasteiger partial charge is 0.219 e. The van der Waals surface area contributed by atoms with Crippen molar-refractivity contribution in [3.05, 3.63) is 0 Å². The van der Waals surface area contributed by atoms with Crippen molar-refractivity contribution in [3.63, 3.8) is 0 Å². The van der Waals surface area contributed by atoms with Crippen molar-refractivity contribution in [1.82, 2.24) is 0 Å². The van der Waals surface area contributed by atoms with Crippen molar-refractivity contribution in [2.45, 2.75) is 0 Å². The van der Waals surface area contributed by atoms with Crippen molar-refractivity contribution in [2.75, 3.05) is 0 Å². The molecule has 0 fully saturated rings. The van der Waals surface area contributed by atoms with Gasteiger partial charge in [-0.1, -0.05) is 0 Å². The molecule has 0 aromatic carbocycles. The zero-order valence-corrected chi connectivity index (χ0v) is 2.25. The van der Waals surface area contributed by atoms with Gasteiger partial charge < -0.3 is 0 Å². The van der Waals surface area contributed by atoms with E-state index in [9.17, 15) is 0 Å². The quantitative estimate of drug-likeness (QED) is 0.336. The monoisotopic (exact) mass is 81.0 g/mol. The normalized spacial score (nSPS) is 8.40. The molecule has 0 amide bonds. The first kappa shape index (κ1) is 4.80. The lowest BCUT2D eigenvalue weighted by Gasteiger charge is -1.81. The molecular formula is H3NO4. The molecule has 32 valence electrons. The minimum absolute atomic E-state index is 2.84. The van der Waals surface area contributed by atoms with E-state index in [1.54, 1.807) is 0 Å². The van der Waals surface area contributed by atoms with Crippen LogP contribution in [0.25, 0.3) is 0 Å². The average molecular weight is 81.0 g/mol. The van der Waals surface area contributed by atoms with Crippen molar-refractivity contribution in [3.8, 4) is 0 Å². The van der Waals surface area contributed by atoms with E-state index >= 15 is 0 Å². The molecule has 0 saturated heterocycles. The molecule has 0 atom stereocenters. The van der Waals surface area contributed by atoms with Crippen molar-refractivity contribution in [2.24, 2.45) is 5.90 Å². The van der Waals surface area contributed by atoms with Crippen LogP contribution in [0.1, 0.15) is 0 Å². The standard InChI is InChI=1S/H3NO4/c1-3-5-4-2/h2H,1H2. The van der Waals surface area contributed by atoms with Gasteiger partial charge in [0.25, 0.3) is 0 Å². The summed E-state index contributed by atoms with van der Waals surface area (Å²) in [6, 6.07) is 0. The fourth-order valence-corrected chi connectivity index (χ4v) is 0.0176. The third-order valence-corrected chi connectivity index (χ3v) is 0.0697. The second kappa shape index (κ2) is 3.80. The third-order valence-electron chi connectivity index (χ3n) is 0.0697. The molecule has 5 heteroatoms. The Morgan fingerprint density at radius 2 is 2.20 bits per heavy atom. The van der Waals surface area contributed by atoms with Crippen LogP contribution in [-0.2, 0) is 15.1 Å². The van der Waals surface area contributed by atoms with Gasteiger partial charge in [-0.3, -0.25) is 0 Å². The first-order chi connectivity index (χ1) is 2.41. The van der Waals surface area contributed by atoms with E-state index < -0.39 is 0 Å². The molecule has 5 heavy (non-hydrogen) atoms. The summed E-state index contributed by atoms with van der Waals surface area (Å²) in [6.07, 6.45) is 0. The molecule has 0 aliphatic carbocycles. The van der Waals surface area contributed by atoms with E-state index in [-0.39, 0.29) is 0 Å². The summed E-state index contributed by atoms with van der Waals surface area (Å²) < 4.78 is 0. The van der Waals surface area contributed by atoms with Gasteiger partial charge in [0, 0.05) is 0 Å². The van der Waals surface area contributed by atoms with Gasteiger partial charge in [0.2, 0.25) is 0 Å². The SMILES string of the molecule is NOOOO. The highest BCUT2D eigenvalue weighted by Crippen LogP contribution is 1.60. The summed E-state index contributed by atoms with van der Waals surface area (Å²) in [6.45, 7) is 0. The highest BCUT2D eigenvalue weighted by Gasteiger charge is 1.66. The first-order valence-corrected chi connectivity index (χ1v) is 0.752. The minimum atomic E-state index is 2.84. The van der Waals surface area contributed by atoms with E-state index in [4.69, 9.17) is 5.26 Å². The summed E-state index contributed by atoms with van der Waals surface area (Å²) in [7, 11) is 0. The van der Waals surface area contributed by atoms with Crippen LogP contribution in [0.4, 0.5) is 0 Å². The predicted molar refractivity (Wildman–Crippen MR) is 10.1 cm³/mol. The van der Waals surface area contributed by atoms with E-state index in [0.29, 0.717) is 0 Å². The van der Waals surface area contributed by atoms with Crippen molar-refractivity contribution in [1.29, 1.82) is 0 Å². The molecule has 0 heterocycles. The molecular weight excluding hydrogens is 78.0 g/mol. The average Bonchev–Trinajstić information content (AvgIpc) is 1.41. The lowest BCUT2D eigenvalue weighted by Crippen LogP contribution is -1.98. The number of nitrogens with two attached hydrogens (primary N) is 1. The Kier molecular flexibility index (Phi) is 3.65. The van der Waals surface area contributed by atoms with Gasteiger partial charge in [-0.2, -0.15) is 5.90 Å². The van der Waals surface area contributed by atoms with Crippen LogP contribution in [0.2, 0.25) is 0 Å². The molecule has 0 saturated carbocycles. The smallest absolute Gasteiger partial charge is 0.0177 e. The number of hydrogen-bond acceptors (Lipinski definition) is 5. The number of rotatable bonds is 2. The summed E-state index contributed by atoms with van der Waals surface area (Å²) in [5, 5.41) is 13.1. The van der Waals surface area contributed by atoms with Crippen LogP contribution in [-0.4, -0.2) is 5.26 Å². The zero-order valence-electron chi connectivity index (χ0n) is 2.25. The van der Waals surface area contributed by atoms with Gasteiger partial charge in [-0.05, 0) is 10.1 Å². The molecule has 5 nitrogen and oxygen atoms in total. The molecule has 0 bridgehead atoms. The van der Waals surface area contributed by atoms with Crippen LogP contribution < -0.4 is 5.90 Å². The highest BCUT2D eigenvalue weighted by molar-refractivity contribution is 3.07. The minimum Gasteiger partial charge on any atom is -0.219 e. The summed E-state index contributed by atoms with van der Waals surface area (Å²) in [4.78, 5) is 3.22. The Morgan fingerprint density at radius 1 is 1.60 bits per heavy atom. The Labute approximate surface area is 27.6 Å². The second-order valence-electron chi connectivity index (χ2n) is 0.239. The molecule has 0 aliphatic heterocycles. The molecule has 0 aliphatic rings. The van der Waals surface area contributed by atoms with Crippen LogP contribution >= 0.6 is 0 Å². The zero-order chi connectivity index (χ0) is 4.12. The summed E-state index contributed by atoms with van der Waals surface area (Å²) >= 11 is 0. The van der Waals surface area contributed by atoms with Gasteiger partial charge in [0.15, 0.2) is 0 Å². The molecule has 0 aromatic heterocycles. The summed E-state index contributed by atoms with van der Waals surface area (Å²) in [5.41, 5.74) is 0. The maximum Gasteiger partial charge on any atom is -0.0177 e. The van der Waals surface area contributed by atoms with Crippen molar-refractivity contribution < 1.29 is 20.3 Å². The van der Waals surface area contributed by atoms with Crippen LogP contribution in [0.3, 0.4) is 0 Å². The Morgan fingerprint density at radius 3 is 2.20 bits per heavy atom. The third kappa shape index (κ3) is 3.80. The maximum atomic E-state index is 7.14.